The maximum atomic E-state index is 12.7. The molecule has 28 heavy (non-hydrogen) atoms. The molecule has 1 unspecified atom stereocenters. The van der Waals surface area contributed by atoms with E-state index in [-0.39, 0.29) is 23.6 Å². The Morgan fingerprint density at radius 2 is 1.86 bits per heavy atom. The molecule has 2 aromatic rings. The van der Waals surface area contributed by atoms with Crippen LogP contribution in [0.4, 0.5) is 5.69 Å². The van der Waals surface area contributed by atoms with Crippen molar-refractivity contribution >= 4 is 23.1 Å². The number of rotatable bonds is 5. The van der Waals surface area contributed by atoms with Crippen molar-refractivity contribution in [3.05, 3.63) is 80.9 Å². The van der Waals surface area contributed by atoms with Gasteiger partial charge >= 0.3 is 0 Å². The SMILES string of the molecule is Cc1ccc(/C(O)=C2/C(=O)C(=O)N(CCO)C2c2cccc([N+](=O)[O-])c2)cc1. The Kier molecular flexibility index (Phi) is 5.23. The predicted molar refractivity (Wildman–Crippen MR) is 100 cm³/mol. The molecule has 0 radical (unpaired) electrons. The van der Waals surface area contributed by atoms with Gasteiger partial charge in [-0.3, -0.25) is 19.7 Å². The molecule has 0 aliphatic carbocycles. The first-order chi connectivity index (χ1) is 13.3. The lowest BCUT2D eigenvalue weighted by Crippen LogP contribution is -2.32. The van der Waals surface area contributed by atoms with Crippen molar-refractivity contribution in [1.29, 1.82) is 0 Å². The van der Waals surface area contributed by atoms with Gasteiger partial charge in [0.1, 0.15) is 5.76 Å². The fraction of sp³-hybridized carbons (Fsp3) is 0.200. The summed E-state index contributed by atoms with van der Waals surface area (Å²) >= 11 is 0. The third kappa shape index (κ3) is 3.37. The van der Waals surface area contributed by atoms with Gasteiger partial charge in [0, 0.05) is 24.2 Å². The number of hydrogen-bond donors (Lipinski definition) is 2. The molecule has 1 fully saturated rings. The summed E-state index contributed by atoms with van der Waals surface area (Å²) in [5.74, 6) is -2.14. The van der Waals surface area contributed by atoms with Gasteiger partial charge < -0.3 is 15.1 Å². The molecule has 2 aromatic carbocycles. The molecule has 8 heteroatoms. The molecular weight excluding hydrogens is 364 g/mol. The van der Waals surface area contributed by atoms with Crippen molar-refractivity contribution in [3.8, 4) is 0 Å². The van der Waals surface area contributed by atoms with E-state index in [1.807, 2.05) is 6.92 Å². The average Bonchev–Trinajstić information content (AvgIpc) is 2.93. The predicted octanol–water partition coefficient (Wildman–Crippen LogP) is 2.32. The number of nitro groups is 1. The third-order valence-electron chi connectivity index (χ3n) is 4.60. The Hall–Kier alpha value is -3.52. The minimum absolute atomic E-state index is 0.150. The molecule has 144 valence electrons. The molecule has 3 rings (SSSR count). The van der Waals surface area contributed by atoms with Crippen molar-refractivity contribution in [1.82, 2.24) is 4.90 Å². The molecule has 1 aliphatic rings. The summed E-state index contributed by atoms with van der Waals surface area (Å²) in [7, 11) is 0. The molecule has 1 amide bonds. The lowest BCUT2D eigenvalue weighted by Gasteiger charge is -2.24. The first-order valence-corrected chi connectivity index (χ1v) is 8.55. The standard InChI is InChI=1S/C20H18N2O6/c1-12-5-7-13(8-6-12)18(24)16-17(21(9-10-23)20(26)19(16)25)14-3-2-4-15(11-14)22(27)28/h2-8,11,17,23-24H,9-10H2,1H3/b18-16-. The van der Waals surface area contributed by atoms with Gasteiger partial charge in [0.2, 0.25) is 0 Å². The highest BCUT2D eigenvalue weighted by Gasteiger charge is 2.46. The Labute approximate surface area is 160 Å². The van der Waals surface area contributed by atoms with Crippen LogP contribution in [0.15, 0.2) is 54.1 Å². The van der Waals surface area contributed by atoms with E-state index in [0.717, 1.165) is 10.5 Å². The normalized spacial score (nSPS) is 18.5. The van der Waals surface area contributed by atoms with Crippen molar-refractivity contribution in [3.63, 3.8) is 0 Å². The summed E-state index contributed by atoms with van der Waals surface area (Å²) in [4.78, 5) is 36.8. The molecule has 1 heterocycles. The van der Waals surface area contributed by atoms with Crippen LogP contribution in [0.5, 0.6) is 0 Å². The van der Waals surface area contributed by atoms with Crippen molar-refractivity contribution in [2.24, 2.45) is 0 Å². The second-order valence-corrected chi connectivity index (χ2v) is 6.43. The minimum atomic E-state index is -1.03. The van der Waals surface area contributed by atoms with E-state index in [4.69, 9.17) is 0 Å². The van der Waals surface area contributed by atoms with Gasteiger partial charge in [0.05, 0.1) is 23.1 Å². The number of carbonyl (C=O) groups is 2. The Morgan fingerprint density at radius 3 is 2.46 bits per heavy atom. The zero-order chi connectivity index (χ0) is 20.4. The van der Waals surface area contributed by atoms with Gasteiger partial charge in [0.25, 0.3) is 17.4 Å². The maximum Gasteiger partial charge on any atom is 0.295 e. The van der Waals surface area contributed by atoms with Crippen LogP contribution >= 0.6 is 0 Å². The number of hydrogen-bond acceptors (Lipinski definition) is 6. The van der Waals surface area contributed by atoms with E-state index in [1.54, 1.807) is 24.3 Å². The Morgan fingerprint density at radius 1 is 1.18 bits per heavy atom. The van der Waals surface area contributed by atoms with E-state index >= 15 is 0 Å². The molecule has 1 aliphatic heterocycles. The quantitative estimate of drug-likeness (QED) is 0.269. The number of nitro benzene ring substituents is 1. The van der Waals surface area contributed by atoms with Crippen LogP contribution in [0.3, 0.4) is 0 Å². The van der Waals surface area contributed by atoms with Gasteiger partial charge in [-0.1, -0.05) is 42.0 Å². The summed E-state index contributed by atoms with van der Waals surface area (Å²) in [6.45, 7) is 1.32. The number of aryl methyl sites for hydroxylation is 1. The minimum Gasteiger partial charge on any atom is -0.507 e. The fourth-order valence-corrected chi connectivity index (χ4v) is 3.24. The molecule has 0 bridgehead atoms. The number of nitrogens with zero attached hydrogens (tertiary/aromatic N) is 2. The van der Waals surface area contributed by atoms with E-state index in [0.29, 0.717) is 11.1 Å². The third-order valence-corrected chi connectivity index (χ3v) is 4.60. The zero-order valence-corrected chi connectivity index (χ0v) is 15.0. The Balaban J connectivity index is 2.20. The van der Waals surface area contributed by atoms with E-state index in [2.05, 4.69) is 0 Å². The molecular formula is C20H18N2O6. The van der Waals surface area contributed by atoms with Gasteiger partial charge in [-0.2, -0.15) is 0 Å². The molecule has 8 nitrogen and oxygen atoms in total. The number of ketones is 1. The fourth-order valence-electron chi connectivity index (χ4n) is 3.24. The first kappa shape index (κ1) is 19.2. The van der Waals surface area contributed by atoms with Gasteiger partial charge in [-0.05, 0) is 12.5 Å². The molecule has 0 spiro atoms. The number of carbonyl (C=O) groups excluding carboxylic acids is 2. The highest BCUT2D eigenvalue weighted by molar-refractivity contribution is 6.46. The summed E-state index contributed by atoms with van der Waals surface area (Å²) in [6.07, 6.45) is 0. The van der Waals surface area contributed by atoms with Crippen molar-refractivity contribution < 1.29 is 24.7 Å². The van der Waals surface area contributed by atoms with Gasteiger partial charge in [-0.15, -0.1) is 0 Å². The highest BCUT2D eigenvalue weighted by Crippen LogP contribution is 2.39. The second kappa shape index (κ2) is 7.61. The van der Waals surface area contributed by atoms with Crippen LogP contribution in [0.25, 0.3) is 5.76 Å². The lowest BCUT2D eigenvalue weighted by molar-refractivity contribution is -0.384. The monoisotopic (exact) mass is 382 g/mol. The van der Waals surface area contributed by atoms with Crippen LogP contribution in [0.1, 0.15) is 22.7 Å². The van der Waals surface area contributed by atoms with E-state index in [1.165, 1.54) is 24.3 Å². The number of likely N-dealkylation sites (tertiary alicyclic amines) is 1. The van der Waals surface area contributed by atoms with E-state index in [9.17, 15) is 29.9 Å². The van der Waals surface area contributed by atoms with Gasteiger partial charge in [0.15, 0.2) is 0 Å². The number of Topliss-reactive ketones (excluding diaryl/α,β-unsaturated/α-hetero) is 1. The summed E-state index contributed by atoms with van der Waals surface area (Å²) < 4.78 is 0. The molecule has 0 saturated carbocycles. The first-order valence-electron chi connectivity index (χ1n) is 8.55. The average molecular weight is 382 g/mol. The smallest absolute Gasteiger partial charge is 0.295 e. The molecule has 0 aromatic heterocycles. The summed E-state index contributed by atoms with van der Waals surface area (Å²) in [6, 6.07) is 11.2. The van der Waals surface area contributed by atoms with Crippen molar-refractivity contribution in [2.75, 3.05) is 13.2 Å². The number of non-ortho nitro benzene ring substituents is 1. The van der Waals surface area contributed by atoms with Crippen LogP contribution in [0.2, 0.25) is 0 Å². The zero-order valence-electron chi connectivity index (χ0n) is 15.0. The van der Waals surface area contributed by atoms with Gasteiger partial charge in [-0.25, -0.2) is 0 Å². The number of benzene rings is 2. The molecule has 1 atom stereocenters. The maximum absolute atomic E-state index is 12.7. The second-order valence-electron chi connectivity index (χ2n) is 6.43. The highest BCUT2D eigenvalue weighted by atomic mass is 16.6. The topological polar surface area (TPSA) is 121 Å². The van der Waals surface area contributed by atoms with Crippen molar-refractivity contribution in [2.45, 2.75) is 13.0 Å². The van der Waals surface area contributed by atoms with Crippen LogP contribution < -0.4 is 0 Å². The van der Waals surface area contributed by atoms with Crippen LogP contribution in [0, 0.1) is 17.0 Å². The van der Waals surface area contributed by atoms with Crippen LogP contribution in [-0.4, -0.2) is 44.9 Å². The molecule has 1 saturated heterocycles. The number of aliphatic hydroxyl groups excluding tert-OH is 2. The lowest BCUT2D eigenvalue weighted by atomic mass is 9.95. The number of amides is 1. The summed E-state index contributed by atoms with van der Waals surface area (Å²) in [5.41, 5.74) is 1.23. The largest absolute Gasteiger partial charge is 0.507 e. The Bertz CT molecular complexity index is 980. The molecule has 2 N–H and O–H groups in total. The number of β-amino-alcohol motifs (C(OH)–C–C–N with tert-alkyl or cyclic N) is 1. The summed E-state index contributed by atoms with van der Waals surface area (Å²) in [5, 5.41) is 31.2. The van der Waals surface area contributed by atoms with E-state index < -0.39 is 29.3 Å². The van der Waals surface area contributed by atoms with Crippen LogP contribution in [-0.2, 0) is 9.59 Å². The number of aliphatic hydroxyl groups is 2.